The highest BCUT2D eigenvalue weighted by molar-refractivity contribution is 6.03. The Balaban J connectivity index is 1.69. The topological polar surface area (TPSA) is 74.4 Å². The van der Waals surface area contributed by atoms with Crippen LogP contribution in [-0.4, -0.2) is 36.6 Å². The maximum Gasteiger partial charge on any atom is 0.272 e. The lowest BCUT2D eigenvalue weighted by atomic mass is 10.2. The van der Waals surface area contributed by atoms with E-state index in [9.17, 15) is 9.59 Å². The maximum absolute atomic E-state index is 11.9. The number of nitrogens with zero attached hydrogens (tertiary/aromatic N) is 1. The predicted molar refractivity (Wildman–Crippen MR) is 78.4 cm³/mol. The summed E-state index contributed by atoms with van der Waals surface area (Å²) in [5.41, 5.74) is 1.99. The van der Waals surface area contributed by atoms with Crippen LogP contribution in [0.25, 0.3) is 0 Å². The largest absolute Gasteiger partial charge is 0.370 e. The number of hydrogen-bond acceptors (Lipinski definition) is 3. The molecule has 6 nitrogen and oxygen atoms in total. The molecule has 2 N–H and O–H groups in total. The zero-order chi connectivity index (χ0) is 14.7. The van der Waals surface area contributed by atoms with Crippen LogP contribution in [0.15, 0.2) is 42.6 Å². The van der Waals surface area contributed by atoms with Gasteiger partial charge >= 0.3 is 0 Å². The minimum Gasteiger partial charge on any atom is -0.370 e. The Morgan fingerprint density at radius 3 is 2.71 bits per heavy atom. The van der Waals surface area contributed by atoms with Crippen LogP contribution in [0, 0.1) is 0 Å². The minimum atomic E-state index is -0.199. The van der Waals surface area contributed by atoms with Crippen molar-refractivity contribution >= 4 is 23.2 Å². The Bertz CT molecular complexity index is 635. The summed E-state index contributed by atoms with van der Waals surface area (Å²) in [5.74, 6) is -0.250. The normalized spacial score (nSPS) is 15.0. The molecule has 1 aliphatic heterocycles. The van der Waals surface area contributed by atoms with E-state index >= 15 is 0 Å². The number of aromatic amines is 1. The number of morpholine rings is 1. The summed E-state index contributed by atoms with van der Waals surface area (Å²) in [6.07, 6.45) is 1.70. The molecule has 2 amide bonds. The third-order valence-corrected chi connectivity index (χ3v) is 3.27. The fourth-order valence-corrected chi connectivity index (χ4v) is 2.19. The van der Waals surface area contributed by atoms with Crippen molar-refractivity contribution in [1.29, 1.82) is 0 Å². The van der Waals surface area contributed by atoms with Crippen molar-refractivity contribution in [2.75, 3.05) is 30.0 Å². The molecule has 0 atom stereocenters. The van der Waals surface area contributed by atoms with E-state index in [1.165, 1.54) is 0 Å². The summed E-state index contributed by atoms with van der Waals surface area (Å²) < 4.78 is 5.10. The fraction of sp³-hybridized carbons (Fsp3) is 0.200. The number of anilines is 2. The lowest BCUT2D eigenvalue weighted by Gasteiger charge is -2.26. The molecule has 1 saturated heterocycles. The number of aromatic nitrogens is 1. The summed E-state index contributed by atoms with van der Waals surface area (Å²) in [6.45, 7) is 1.20. The van der Waals surface area contributed by atoms with E-state index < -0.39 is 0 Å². The zero-order valence-corrected chi connectivity index (χ0v) is 11.3. The van der Waals surface area contributed by atoms with Gasteiger partial charge < -0.3 is 19.9 Å². The highest BCUT2D eigenvalue weighted by atomic mass is 16.5. The molecule has 0 bridgehead atoms. The first-order chi connectivity index (χ1) is 10.2. The van der Waals surface area contributed by atoms with Gasteiger partial charge in [-0.05, 0) is 36.4 Å². The molecule has 2 aromatic rings. The summed E-state index contributed by atoms with van der Waals surface area (Å²) in [6, 6.07) is 10.6. The summed E-state index contributed by atoms with van der Waals surface area (Å²) in [4.78, 5) is 28.2. The van der Waals surface area contributed by atoms with Gasteiger partial charge in [0.15, 0.2) is 0 Å². The van der Waals surface area contributed by atoms with Gasteiger partial charge in [0.1, 0.15) is 12.3 Å². The Morgan fingerprint density at radius 2 is 2.05 bits per heavy atom. The second kappa shape index (κ2) is 5.80. The van der Waals surface area contributed by atoms with Crippen LogP contribution in [0.4, 0.5) is 11.4 Å². The summed E-state index contributed by atoms with van der Waals surface area (Å²) in [7, 11) is 0. The van der Waals surface area contributed by atoms with E-state index in [0.717, 1.165) is 5.69 Å². The Morgan fingerprint density at radius 1 is 1.24 bits per heavy atom. The third-order valence-electron chi connectivity index (χ3n) is 3.27. The smallest absolute Gasteiger partial charge is 0.272 e. The predicted octanol–water partition coefficient (Wildman–Crippen LogP) is 1.63. The molecule has 0 aliphatic carbocycles. The van der Waals surface area contributed by atoms with Gasteiger partial charge in [0.05, 0.1) is 6.61 Å². The first-order valence-electron chi connectivity index (χ1n) is 6.67. The standard InChI is InChI=1S/C15H15N3O3/c19-14-10-21-9-8-18(14)12-5-3-11(4-6-12)17-15(20)13-2-1-7-16-13/h1-7,16H,8-10H2,(H,17,20). The van der Waals surface area contributed by atoms with Gasteiger partial charge in [-0.25, -0.2) is 0 Å². The van der Waals surface area contributed by atoms with Crippen LogP contribution in [0.3, 0.4) is 0 Å². The van der Waals surface area contributed by atoms with Crippen LogP contribution in [-0.2, 0) is 9.53 Å². The molecule has 1 fully saturated rings. The monoisotopic (exact) mass is 285 g/mol. The van der Waals surface area contributed by atoms with E-state index in [0.29, 0.717) is 24.5 Å². The molecular weight excluding hydrogens is 270 g/mol. The lowest BCUT2D eigenvalue weighted by Crippen LogP contribution is -2.41. The summed E-state index contributed by atoms with van der Waals surface area (Å²) in [5, 5.41) is 2.79. The number of nitrogens with one attached hydrogen (secondary N) is 2. The van der Waals surface area contributed by atoms with Crippen molar-refractivity contribution < 1.29 is 14.3 Å². The van der Waals surface area contributed by atoms with Crippen molar-refractivity contribution in [3.8, 4) is 0 Å². The Labute approximate surface area is 121 Å². The average molecular weight is 285 g/mol. The first kappa shape index (κ1) is 13.4. The number of H-pyrrole nitrogens is 1. The van der Waals surface area contributed by atoms with Crippen molar-refractivity contribution in [2.45, 2.75) is 0 Å². The number of carbonyl (C=O) groups excluding carboxylic acids is 2. The SMILES string of the molecule is O=C(Nc1ccc(N2CCOCC2=O)cc1)c1ccc[nH]1. The molecule has 1 aromatic heterocycles. The molecule has 1 aliphatic rings. The molecule has 6 heteroatoms. The van der Waals surface area contributed by atoms with Crippen molar-refractivity contribution in [3.05, 3.63) is 48.3 Å². The van der Waals surface area contributed by atoms with E-state index in [-0.39, 0.29) is 18.4 Å². The molecule has 0 unspecified atom stereocenters. The average Bonchev–Trinajstić information content (AvgIpc) is 3.03. The molecule has 21 heavy (non-hydrogen) atoms. The number of benzene rings is 1. The van der Waals surface area contributed by atoms with Crippen molar-refractivity contribution in [2.24, 2.45) is 0 Å². The maximum atomic E-state index is 11.9. The number of carbonyl (C=O) groups is 2. The molecule has 2 heterocycles. The van der Waals surface area contributed by atoms with Crippen LogP contribution < -0.4 is 10.2 Å². The number of amides is 2. The van der Waals surface area contributed by atoms with Gasteiger partial charge in [0.2, 0.25) is 0 Å². The number of hydrogen-bond donors (Lipinski definition) is 2. The van der Waals surface area contributed by atoms with Gasteiger partial charge in [-0.15, -0.1) is 0 Å². The quantitative estimate of drug-likeness (QED) is 0.900. The number of rotatable bonds is 3. The lowest BCUT2D eigenvalue weighted by molar-refractivity contribution is -0.125. The minimum absolute atomic E-state index is 0.0515. The second-order valence-corrected chi connectivity index (χ2v) is 4.68. The highest BCUT2D eigenvalue weighted by Crippen LogP contribution is 2.20. The first-order valence-corrected chi connectivity index (χ1v) is 6.67. The van der Waals surface area contributed by atoms with E-state index in [1.54, 1.807) is 35.4 Å². The van der Waals surface area contributed by atoms with Crippen molar-refractivity contribution in [1.82, 2.24) is 4.98 Å². The third kappa shape index (κ3) is 2.95. The van der Waals surface area contributed by atoms with Crippen LogP contribution in [0.5, 0.6) is 0 Å². The second-order valence-electron chi connectivity index (χ2n) is 4.68. The van der Waals surface area contributed by atoms with Gasteiger partial charge in [0.25, 0.3) is 11.8 Å². The van der Waals surface area contributed by atoms with Gasteiger partial charge in [-0.3, -0.25) is 9.59 Å². The van der Waals surface area contributed by atoms with Crippen LogP contribution in [0.1, 0.15) is 10.5 Å². The fourth-order valence-electron chi connectivity index (χ4n) is 2.19. The molecule has 3 rings (SSSR count). The van der Waals surface area contributed by atoms with E-state index in [2.05, 4.69) is 10.3 Å². The molecule has 0 spiro atoms. The Hall–Kier alpha value is -2.60. The molecule has 108 valence electrons. The molecule has 0 saturated carbocycles. The highest BCUT2D eigenvalue weighted by Gasteiger charge is 2.19. The van der Waals surface area contributed by atoms with Gasteiger partial charge in [0, 0.05) is 24.1 Å². The molecule has 1 aromatic carbocycles. The van der Waals surface area contributed by atoms with Crippen LogP contribution >= 0.6 is 0 Å². The zero-order valence-electron chi connectivity index (χ0n) is 11.3. The Kier molecular flexibility index (Phi) is 3.70. The van der Waals surface area contributed by atoms with E-state index in [4.69, 9.17) is 4.74 Å². The van der Waals surface area contributed by atoms with E-state index in [1.807, 2.05) is 12.1 Å². The van der Waals surface area contributed by atoms with Crippen LogP contribution in [0.2, 0.25) is 0 Å². The molecular formula is C15H15N3O3. The number of ether oxygens (including phenoxy) is 1. The van der Waals surface area contributed by atoms with Crippen molar-refractivity contribution in [3.63, 3.8) is 0 Å². The van der Waals surface area contributed by atoms with Gasteiger partial charge in [-0.1, -0.05) is 0 Å². The molecule has 0 radical (unpaired) electrons. The van der Waals surface area contributed by atoms with Gasteiger partial charge in [-0.2, -0.15) is 0 Å². The summed E-state index contributed by atoms with van der Waals surface area (Å²) >= 11 is 0.